The predicted molar refractivity (Wildman–Crippen MR) is 114 cm³/mol. The second kappa shape index (κ2) is 9.98. The highest BCUT2D eigenvalue weighted by molar-refractivity contribution is 5.84. The number of para-hydroxylation sites is 2. The summed E-state index contributed by atoms with van der Waals surface area (Å²) < 4.78 is 16.2. The molecular weight excluding hydrogens is 368 g/mol. The molecular formula is C23H28N2O4. The van der Waals surface area contributed by atoms with Gasteiger partial charge in [0.1, 0.15) is 0 Å². The molecule has 0 fully saturated rings. The van der Waals surface area contributed by atoms with Crippen molar-refractivity contribution < 1.29 is 19.0 Å². The van der Waals surface area contributed by atoms with Gasteiger partial charge in [-0.25, -0.2) is 0 Å². The number of hydrogen-bond acceptors (Lipinski definition) is 4. The fraction of sp³-hybridized carbons (Fsp3) is 0.348. The summed E-state index contributed by atoms with van der Waals surface area (Å²) in [7, 11) is 4.90. The van der Waals surface area contributed by atoms with Gasteiger partial charge < -0.3 is 24.5 Å². The van der Waals surface area contributed by atoms with Crippen molar-refractivity contribution in [2.75, 3.05) is 34.5 Å². The molecule has 0 saturated carbocycles. The molecule has 3 rings (SSSR count). The van der Waals surface area contributed by atoms with Crippen molar-refractivity contribution in [1.29, 1.82) is 0 Å². The first-order chi connectivity index (χ1) is 14.2. The number of fused-ring (bicyclic) bond motifs is 1. The molecule has 0 spiro atoms. The van der Waals surface area contributed by atoms with Crippen molar-refractivity contribution in [3.05, 3.63) is 59.8 Å². The van der Waals surface area contributed by atoms with Crippen molar-refractivity contribution >= 4 is 16.8 Å². The minimum Gasteiger partial charge on any atom is -0.493 e. The number of ether oxygens (including phenoxy) is 3. The molecule has 1 aromatic heterocycles. The minimum atomic E-state index is -0.0948. The number of methoxy groups -OCH3 is 3. The van der Waals surface area contributed by atoms with Gasteiger partial charge in [-0.05, 0) is 24.1 Å². The number of aromatic nitrogens is 1. The fourth-order valence-corrected chi connectivity index (χ4v) is 3.64. The van der Waals surface area contributed by atoms with Gasteiger partial charge in [0.25, 0.3) is 0 Å². The number of H-pyrrole nitrogens is 1. The van der Waals surface area contributed by atoms with Gasteiger partial charge in [-0.15, -0.1) is 0 Å². The van der Waals surface area contributed by atoms with Crippen molar-refractivity contribution in [2.45, 2.75) is 18.8 Å². The predicted octanol–water partition coefficient (Wildman–Crippen LogP) is 3.86. The minimum absolute atomic E-state index is 0.00811. The lowest BCUT2D eigenvalue weighted by atomic mass is 9.89. The van der Waals surface area contributed by atoms with Crippen LogP contribution in [-0.2, 0) is 9.53 Å². The first-order valence-electron chi connectivity index (χ1n) is 9.72. The highest BCUT2D eigenvalue weighted by Crippen LogP contribution is 2.40. The van der Waals surface area contributed by atoms with Gasteiger partial charge in [-0.3, -0.25) is 4.79 Å². The SMILES string of the molecule is COCCCC(=O)NCC(c1cccc(OC)c1OC)c1c[nH]c2ccccc12. The molecule has 2 N–H and O–H groups in total. The number of amides is 1. The average molecular weight is 396 g/mol. The molecule has 154 valence electrons. The van der Waals surface area contributed by atoms with Crippen LogP contribution in [0.4, 0.5) is 0 Å². The van der Waals surface area contributed by atoms with E-state index in [1.54, 1.807) is 21.3 Å². The maximum Gasteiger partial charge on any atom is 0.220 e. The van der Waals surface area contributed by atoms with Crippen molar-refractivity contribution in [2.24, 2.45) is 0 Å². The normalized spacial score (nSPS) is 12.0. The largest absolute Gasteiger partial charge is 0.493 e. The van der Waals surface area contributed by atoms with Crippen LogP contribution in [0.15, 0.2) is 48.7 Å². The van der Waals surface area contributed by atoms with Gasteiger partial charge in [0.05, 0.1) is 14.2 Å². The third kappa shape index (κ3) is 4.71. The molecule has 0 aliphatic carbocycles. The zero-order valence-electron chi connectivity index (χ0n) is 17.2. The van der Waals surface area contributed by atoms with Gasteiger partial charge in [-0.2, -0.15) is 0 Å². The second-order valence-electron chi connectivity index (χ2n) is 6.83. The van der Waals surface area contributed by atoms with Crippen LogP contribution in [0, 0.1) is 0 Å². The Hall–Kier alpha value is -2.99. The lowest BCUT2D eigenvalue weighted by Gasteiger charge is -2.22. The average Bonchev–Trinajstić information content (AvgIpc) is 3.18. The highest BCUT2D eigenvalue weighted by Gasteiger charge is 2.24. The molecule has 0 bridgehead atoms. The molecule has 1 heterocycles. The summed E-state index contributed by atoms with van der Waals surface area (Å²) in [4.78, 5) is 15.7. The number of benzene rings is 2. The zero-order chi connectivity index (χ0) is 20.6. The van der Waals surface area contributed by atoms with E-state index in [9.17, 15) is 4.79 Å². The van der Waals surface area contributed by atoms with E-state index in [2.05, 4.69) is 16.4 Å². The molecule has 0 saturated heterocycles. The summed E-state index contributed by atoms with van der Waals surface area (Å²) in [5, 5.41) is 4.20. The second-order valence-corrected chi connectivity index (χ2v) is 6.83. The number of aromatic amines is 1. The molecule has 6 nitrogen and oxygen atoms in total. The van der Waals surface area contributed by atoms with Crippen LogP contribution in [0.5, 0.6) is 11.5 Å². The quantitative estimate of drug-likeness (QED) is 0.511. The molecule has 1 unspecified atom stereocenters. The van der Waals surface area contributed by atoms with Crippen molar-refractivity contribution in [3.63, 3.8) is 0 Å². The van der Waals surface area contributed by atoms with E-state index in [-0.39, 0.29) is 11.8 Å². The van der Waals surface area contributed by atoms with Gasteiger partial charge in [0, 0.05) is 55.3 Å². The molecule has 0 aliphatic heterocycles. The zero-order valence-corrected chi connectivity index (χ0v) is 17.2. The molecule has 1 amide bonds. The maximum absolute atomic E-state index is 12.3. The van der Waals surface area contributed by atoms with E-state index < -0.39 is 0 Å². The van der Waals surface area contributed by atoms with E-state index in [4.69, 9.17) is 14.2 Å². The summed E-state index contributed by atoms with van der Waals surface area (Å²) in [5.74, 6) is 1.26. The Morgan fingerprint density at radius 2 is 1.86 bits per heavy atom. The molecule has 2 aromatic carbocycles. The summed E-state index contributed by atoms with van der Waals surface area (Å²) in [5.41, 5.74) is 3.12. The van der Waals surface area contributed by atoms with Crippen LogP contribution in [0.3, 0.4) is 0 Å². The van der Waals surface area contributed by atoms with E-state index >= 15 is 0 Å². The third-order valence-corrected chi connectivity index (χ3v) is 5.06. The van der Waals surface area contributed by atoms with E-state index in [1.807, 2.05) is 42.6 Å². The Morgan fingerprint density at radius 3 is 2.62 bits per heavy atom. The van der Waals surface area contributed by atoms with Crippen LogP contribution in [0.1, 0.15) is 29.9 Å². The van der Waals surface area contributed by atoms with E-state index in [0.29, 0.717) is 37.5 Å². The standard InChI is InChI=1S/C23H28N2O4/c1-27-13-7-12-22(26)25-15-19(17-9-6-11-21(28-2)23(17)29-3)18-14-24-20-10-5-4-8-16(18)20/h4-6,8-11,14,19,24H,7,12-13,15H2,1-3H3,(H,25,26). The molecule has 0 aliphatic rings. The van der Waals surface area contributed by atoms with Gasteiger partial charge in [0.15, 0.2) is 11.5 Å². The first kappa shape index (κ1) is 20.7. The molecule has 6 heteroatoms. The fourth-order valence-electron chi connectivity index (χ4n) is 3.64. The lowest BCUT2D eigenvalue weighted by molar-refractivity contribution is -0.121. The molecule has 0 radical (unpaired) electrons. The molecule has 1 atom stereocenters. The Balaban J connectivity index is 1.96. The number of hydrogen-bond donors (Lipinski definition) is 2. The number of carbonyl (C=O) groups is 1. The molecule has 3 aromatic rings. The number of nitrogens with one attached hydrogen (secondary N) is 2. The third-order valence-electron chi connectivity index (χ3n) is 5.06. The van der Waals surface area contributed by atoms with E-state index in [1.165, 1.54) is 0 Å². The van der Waals surface area contributed by atoms with E-state index in [0.717, 1.165) is 22.0 Å². The smallest absolute Gasteiger partial charge is 0.220 e. The van der Waals surface area contributed by atoms with Crippen LogP contribution in [-0.4, -0.2) is 45.4 Å². The Labute approximate surface area is 171 Å². The van der Waals surface area contributed by atoms with Crippen LogP contribution in [0.25, 0.3) is 10.9 Å². The van der Waals surface area contributed by atoms with Crippen molar-refractivity contribution in [1.82, 2.24) is 10.3 Å². The summed E-state index contributed by atoms with van der Waals surface area (Å²) in [6.07, 6.45) is 3.14. The Morgan fingerprint density at radius 1 is 1.03 bits per heavy atom. The summed E-state index contributed by atoms with van der Waals surface area (Å²) in [6.45, 7) is 1.03. The van der Waals surface area contributed by atoms with Crippen LogP contribution in [0.2, 0.25) is 0 Å². The van der Waals surface area contributed by atoms with Gasteiger partial charge in [-0.1, -0.05) is 30.3 Å². The topological polar surface area (TPSA) is 72.6 Å². The number of rotatable bonds is 10. The summed E-state index contributed by atoms with van der Waals surface area (Å²) in [6, 6.07) is 14.0. The number of carbonyl (C=O) groups excluding carboxylic acids is 1. The van der Waals surface area contributed by atoms with Crippen LogP contribution >= 0.6 is 0 Å². The first-order valence-corrected chi connectivity index (χ1v) is 9.72. The lowest BCUT2D eigenvalue weighted by Crippen LogP contribution is -2.29. The van der Waals surface area contributed by atoms with Gasteiger partial charge >= 0.3 is 0 Å². The maximum atomic E-state index is 12.3. The van der Waals surface area contributed by atoms with Crippen molar-refractivity contribution in [3.8, 4) is 11.5 Å². The van der Waals surface area contributed by atoms with Gasteiger partial charge in [0.2, 0.25) is 5.91 Å². The Kier molecular flexibility index (Phi) is 7.14. The molecule has 29 heavy (non-hydrogen) atoms. The Bertz CT molecular complexity index is 951. The highest BCUT2D eigenvalue weighted by atomic mass is 16.5. The summed E-state index contributed by atoms with van der Waals surface area (Å²) >= 11 is 0. The van der Waals surface area contributed by atoms with Crippen LogP contribution < -0.4 is 14.8 Å². The monoisotopic (exact) mass is 396 g/mol.